The van der Waals surface area contributed by atoms with Crippen molar-refractivity contribution in [3.63, 3.8) is 0 Å². The molecule has 0 aromatic heterocycles. The van der Waals surface area contributed by atoms with Crippen LogP contribution in [0.25, 0.3) is 0 Å². The van der Waals surface area contributed by atoms with Crippen molar-refractivity contribution >= 4 is 29.5 Å². The van der Waals surface area contributed by atoms with Gasteiger partial charge in [-0.2, -0.15) is 0 Å². The first kappa shape index (κ1) is 24.9. The van der Waals surface area contributed by atoms with E-state index < -0.39 is 29.9 Å². The molecule has 2 atom stereocenters. The maximum atomic E-state index is 12.7. The predicted octanol–water partition coefficient (Wildman–Crippen LogP) is 0.605. The Balaban J connectivity index is 2.75. The molecule has 10 heteroatoms. The summed E-state index contributed by atoms with van der Waals surface area (Å²) in [5, 5.41) is 7.86. The summed E-state index contributed by atoms with van der Waals surface area (Å²) in [6.45, 7) is 5.37. The van der Waals surface area contributed by atoms with Crippen LogP contribution in [-0.4, -0.2) is 42.4 Å². The van der Waals surface area contributed by atoms with Crippen molar-refractivity contribution in [2.24, 2.45) is 17.4 Å². The first-order valence-corrected chi connectivity index (χ1v) is 9.72. The van der Waals surface area contributed by atoms with E-state index in [0.717, 1.165) is 5.56 Å². The van der Waals surface area contributed by atoms with Crippen molar-refractivity contribution in [1.82, 2.24) is 10.6 Å². The van der Waals surface area contributed by atoms with Crippen molar-refractivity contribution in [3.8, 4) is 0 Å². The van der Waals surface area contributed by atoms with Gasteiger partial charge in [0.05, 0.1) is 6.04 Å². The Kier molecular flexibility index (Phi) is 10.3. The van der Waals surface area contributed by atoms with Crippen molar-refractivity contribution in [3.05, 3.63) is 29.8 Å². The second kappa shape index (κ2) is 12.4. The number of esters is 1. The lowest BCUT2D eigenvalue weighted by atomic mass is 10.0. The van der Waals surface area contributed by atoms with E-state index in [2.05, 4.69) is 16.0 Å². The number of primary amides is 1. The molecule has 0 heterocycles. The fourth-order valence-corrected chi connectivity index (χ4v) is 2.46. The minimum Gasteiger partial charge on any atom is -0.461 e. The topological polar surface area (TPSA) is 166 Å². The number of amides is 4. The summed E-state index contributed by atoms with van der Waals surface area (Å²) in [6, 6.07) is 4.54. The lowest BCUT2D eigenvalue weighted by Crippen LogP contribution is -2.51. The lowest BCUT2D eigenvalue weighted by molar-refractivity contribution is -0.142. The molecular weight excluding hydrogens is 390 g/mol. The van der Waals surface area contributed by atoms with Gasteiger partial charge in [-0.1, -0.05) is 26.0 Å². The molecule has 0 saturated carbocycles. The summed E-state index contributed by atoms with van der Waals surface area (Å²) in [7, 11) is 0. The smallest absolute Gasteiger partial charge is 0.312 e. The molecule has 0 saturated heterocycles. The molecule has 10 nitrogen and oxygen atoms in total. The van der Waals surface area contributed by atoms with Crippen molar-refractivity contribution in [2.45, 2.75) is 52.3 Å². The number of urea groups is 1. The first-order chi connectivity index (χ1) is 14.1. The summed E-state index contributed by atoms with van der Waals surface area (Å²) in [6.07, 6.45) is 0.715. The van der Waals surface area contributed by atoms with Gasteiger partial charge < -0.3 is 32.2 Å². The lowest BCUT2D eigenvalue weighted by Gasteiger charge is -2.22. The number of ether oxygens (including phenoxy) is 1. The minimum atomic E-state index is -0.835. The number of nitrogens with two attached hydrogens (primary N) is 2. The minimum absolute atomic E-state index is 0.0880. The van der Waals surface area contributed by atoms with Crippen molar-refractivity contribution in [2.75, 3.05) is 11.9 Å². The van der Waals surface area contributed by atoms with Crippen LogP contribution in [-0.2, 0) is 25.7 Å². The number of nitrogens with one attached hydrogen (secondary N) is 3. The van der Waals surface area contributed by atoms with Crippen LogP contribution in [0.4, 0.5) is 10.5 Å². The van der Waals surface area contributed by atoms with Gasteiger partial charge in [0, 0.05) is 19.2 Å². The predicted molar refractivity (Wildman–Crippen MR) is 112 cm³/mol. The van der Waals surface area contributed by atoms with Gasteiger partial charge >= 0.3 is 12.0 Å². The van der Waals surface area contributed by atoms with Crippen molar-refractivity contribution < 1.29 is 23.9 Å². The highest BCUT2D eigenvalue weighted by Crippen LogP contribution is 2.12. The van der Waals surface area contributed by atoms with Crippen LogP contribution in [0.15, 0.2) is 24.3 Å². The molecule has 0 aliphatic heterocycles. The first-order valence-electron chi connectivity index (χ1n) is 9.72. The van der Waals surface area contributed by atoms with E-state index in [4.69, 9.17) is 16.2 Å². The fraction of sp³-hybridized carbons (Fsp3) is 0.500. The van der Waals surface area contributed by atoms with Gasteiger partial charge in [-0.05, 0) is 36.5 Å². The summed E-state index contributed by atoms with van der Waals surface area (Å²) in [5.74, 6) is -1.30. The average molecular weight is 421 g/mol. The van der Waals surface area contributed by atoms with Gasteiger partial charge in [-0.25, -0.2) is 4.79 Å². The molecule has 0 fully saturated rings. The Morgan fingerprint density at radius 3 is 2.23 bits per heavy atom. The highest BCUT2D eigenvalue weighted by Gasteiger charge is 2.25. The van der Waals surface area contributed by atoms with E-state index >= 15 is 0 Å². The van der Waals surface area contributed by atoms with Gasteiger partial charge in [0.1, 0.15) is 12.6 Å². The Hall–Kier alpha value is -3.14. The second-order valence-corrected chi connectivity index (χ2v) is 7.23. The number of carbonyl (C=O) groups is 4. The van der Waals surface area contributed by atoms with E-state index in [1.54, 1.807) is 24.3 Å². The van der Waals surface area contributed by atoms with Crippen LogP contribution >= 0.6 is 0 Å². The standard InChI is InChI=1S/C20H31N5O5/c1-12(2)17(21)19(28)25-16(5-4-10-23-20(22)29)18(27)24-15-8-6-14(7-9-15)11-30-13(3)26/h6-9,12,16-17H,4-5,10-11,21H2,1-3H3,(H,24,27)(H,25,28)(H3,22,23,29). The highest BCUT2D eigenvalue weighted by atomic mass is 16.5. The van der Waals surface area contributed by atoms with E-state index in [1.807, 2.05) is 13.8 Å². The van der Waals surface area contributed by atoms with Gasteiger partial charge in [0.25, 0.3) is 0 Å². The summed E-state index contributed by atoms with van der Waals surface area (Å²) < 4.78 is 4.92. The van der Waals surface area contributed by atoms with Gasteiger partial charge in [0.2, 0.25) is 11.8 Å². The van der Waals surface area contributed by atoms with E-state index in [1.165, 1.54) is 6.92 Å². The summed E-state index contributed by atoms with van der Waals surface area (Å²) >= 11 is 0. The largest absolute Gasteiger partial charge is 0.461 e. The maximum Gasteiger partial charge on any atom is 0.312 e. The zero-order chi connectivity index (χ0) is 22.7. The quantitative estimate of drug-likeness (QED) is 0.259. The number of rotatable bonds is 11. The van der Waals surface area contributed by atoms with Gasteiger partial charge in [-0.15, -0.1) is 0 Å². The zero-order valence-corrected chi connectivity index (χ0v) is 17.6. The SMILES string of the molecule is CC(=O)OCc1ccc(NC(=O)C(CCCNC(N)=O)NC(=O)C(N)C(C)C)cc1. The van der Waals surface area contributed by atoms with Crippen LogP contribution in [0.1, 0.15) is 39.2 Å². The molecule has 0 aliphatic rings. The molecule has 1 rings (SSSR count). The highest BCUT2D eigenvalue weighted by molar-refractivity contribution is 5.97. The zero-order valence-electron chi connectivity index (χ0n) is 17.6. The van der Waals surface area contributed by atoms with E-state index in [9.17, 15) is 19.2 Å². The third kappa shape index (κ3) is 9.37. The average Bonchev–Trinajstić information content (AvgIpc) is 2.68. The van der Waals surface area contributed by atoms with E-state index in [-0.39, 0.29) is 31.5 Å². The van der Waals surface area contributed by atoms with Crippen LogP contribution in [0.5, 0.6) is 0 Å². The molecular formula is C20H31N5O5. The molecule has 1 aromatic rings. The number of carbonyl (C=O) groups excluding carboxylic acids is 4. The van der Waals surface area contributed by atoms with Crippen LogP contribution in [0.2, 0.25) is 0 Å². The van der Waals surface area contributed by atoms with Gasteiger partial charge in [-0.3, -0.25) is 14.4 Å². The van der Waals surface area contributed by atoms with Crippen molar-refractivity contribution in [1.29, 1.82) is 0 Å². The number of hydrogen-bond donors (Lipinski definition) is 5. The van der Waals surface area contributed by atoms with Crippen LogP contribution in [0, 0.1) is 5.92 Å². The molecule has 4 amide bonds. The monoisotopic (exact) mass is 421 g/mol. The molecule has 0 aliphatic carbocycles. The maximum absolute atomic E-state index is 12.7. The normalized spacial score (nSPS) is 12.6. The molecule has 2 unspecified atom stereocenters. The molecule has 0 bridgehead atoms. The fourth-order valence-electron chi connectivity index (χ4n) is 2.46. The Morgan fingerprint density at radius 1 is 1.07 bits per heavy atom. The molecule has 166 valence electrons. The number of hydrogen-bond acceptors (Lipinski definition) is 6. The second-order valence-electron chi connectivity index (χ2n) is 7.23. The Bertz CT molecular complexity index is 736. The molecule has 30 heavy (non-hydrogen) atoms. The Morgan fingerprint density at radius 2 is 1.70 bits per heavy atom. The molecule has 0 spiro atoms. The number of anilines is 1. The molecule has 1 aromatic carbocycles. The van der Waals surface area contributed by atoms with Crippen LogP contribution in [0.3, 0.4) is 0 Å². The Labute approximate surface area is 176 Å². The van der Waals surface area contributed by atoms with Gasteiger partial charge in [0.15, 0.2) is 0 Å². The third-order valence-electron chi connectivity index (χ3n) is 4.29. The molecule has 0 radical (unpaired) electrons. The summed E-state index contributed by atoms with van der Waals surface area (Å²) in [5.41, 5.74) is 12.2. The number of benzene rings is 1. The van der Waals surface area contributed by atoms with E-state index in [0.29, 0.717) is 12.1 Å². The van der Waals surface area contributed by atoms with Crippen LogP contribution < -0.4 is 27.4 Å². The molecule has 7 N–H and O–H groups in total. The third-order valence-corrected chi connectivity index (χ3v) is 4.29. The summed E-state index contributed by atoms with van der Waals surface area (Å²) in [4.78, 5) is 46.7.